The van der Waals surface area contributed by atoms with Gasteiger partial charge in [0.2, 0.25) is 11.8 Å². The Bertz CT molecular complexity index is 720. The number of benzene rings is 1. The van der Waals surface area contributed by atoms with E-state index in [2.05, 4.69) is 5.87 Å². The minimum atomic E-state index is -3.09. The Morgan fingerprint density at radius 1 is 1.26 bits per heavy atom. The van der Waals surface area contributed by atoms with Gasteiger partial charge in [0, 0.05) is 12.8 Å². The van der Waals surface area contributed by atoms with Crippen molar-refractivity contribution >= 4 is 33.3 Å². The lowest BCUT2D eigenvalue weighted by molar-refractivity contribution is -0.143. The molecule has 1 aromatic rings. The van der Waals surface area contributed by atoms with Gasteiger partial charge in [0.05, 0.1) is 11.4 Å². The lowest BCUT2D eigenvalue weighted by atomic mass is 10.2. The first-order valence-electron chi connectivity index (χ1n) is 7.19. The number of rotatable bonds is 6. The summed E-state index contributed by atoms with van der Waals surface area (Å²) in [4.78, 5) is 36.5. The molecule has 7 heteroatoms. The van der Waals surface area contributed by atoms with Gasteiger partial charge in [-0.05, 0) is 31.9 Å². The highest BCUT2D eigenvalue weighted by atomic mass is 32.2. The lowest BCUT2D eigenvalue weighted by Gasteiger charge is -2.19. The Morgan fingerprint density at radius 3 is 2.30 bits per heavy atom. The van der Waals surface area contributed by atoms with Crippen molar-refractivity contribution in [2.45, 2.75) is 37.7 Å². The highest BCUT2D eigenvalue weighted by Gasteiger charge is 2.32. The summed E-state index contributed by atoms with van der Waals surface area (Å²) in [6, 6.07) is 6.82. The predicted molar refractivity (Wildman–Crippen MR) is 86.2 cm³/mol. The first-order chi connectivity index (χ1) is 10.7. The van der Waals surface area contributed by atoms with E-state index in [-0.39, 0.29) is 31.2 Å². The topological polar surface area (TPSA) is 80.8 Å². The van der Waals surface area contributed by atoms with Crippen LogP contribution in [0.25, 0.3) is 0 Å². The number of Topliss-reactive ketones (excluding diaryl/α,β-unsaturated/α-hetero) is 1. The largest absolute Gasteiger partial charge is 0.295 e. The van der Waals surface area contributed by atoms with Crippen molar-refractivity contribution in [3.05, 3.63) is 29.8 Å². The maximum Gasteiger partial charge on any atom is 0.230 e. The predicted octanol–water partition coefficient (Wildman–Crippen LogP) is 1.11. The van der Waals surface area contributed by atoms with Gasteiger partial charge < -0.3 is 0 Å². The van der Waals surface area contributed by atoms with Crippen LogP contribution >= 0.6 is 0 Å². The number of nitrogens with zero attached hydrogens (tertiary/aromatic N) is 1. The first-order valence-corrected chi connectivity index (χ1v) is 8.84. The van der Waals surface area contributed by atoms with E-state index in [1.165, 1.54) is 6.92 Å². The van der Waals surface area contributed by atoms with E-state index in [4.69, 9.17) is 4.18 Å². The number of ketones is 1. The molecular weight excluding hydrogens is 318 g/mol. The summed E-state index contributed by atoms with van der Waals surface area (Å²) < 4.78 is 17.9. The molecule has 124 valence electrons. The zero-order valence-electron chi connectivity index (χ0n) is 13.1. The number of carbonyl (C=O) groups excluding carboxylic acids is 3. The Balaban J connectivity index is 2.04. The number of aryl methyl sites for hydroxylation is 1. The van der Waals surface area contributed by atoms with Crippen LogP contribution < -0.4 is 0 Å². The number of hydrogen-bond donors (Lipinski definition) is 0. The number of amides is 2. The van der Waals surface area contributed by atoms with Crippen LogP contribution in [0.5, 0.6) is 0 Å². The average molecular weight is 337 g/mol. The molecule has 1 aliphatic heterocycles. The highest BCUT2D eigenvalue weighted by molar-refractivity contribution is 7.96. The lowest BCUT2D eigenvalue weighted by Crippen LogP contribution is -2.39. The fraction of sp³-hybridized carbons (Fsp3) is 0.375. The molecule has 1 unspecified atom stereocenters. The van der Waals surface area contributed by atoms with Crippen LogP contribution in [0.15, 0.2) is 29.2 Å². The SMILES string of the molecule is C=S(=O)(O[C@H](C)C(=O)CN1C(=O)CCC1=O)c1ccc(C)cc1. The minimum absolute atomic E-state index is 0.122. The molecule has 2 rings (SSSR count). The standard InChI is InChI=1S/C16H19NO5S/c1-11-4-6-13(7-5-11)23(3,21)22-12(2)14(18)10-17-15(19)8-9-16(17)20/h4-7,12H,3,8-10H2,1-2H3/t12-,23?/m1/s1. The summed E-state index contributed by atoms with van der Waals surface area (Å²) in [6.07, 6.45) is -0.796. The van der Waals surface area contributed by atoms with Crippen molar-refractivity contribution in [2.75, 3.05) is 6.54 Å². The van der Waals surface area contributed by atoms with E-state index >= 15 is 0 Å². The molecule has 0 radical (unpaired) electrons. The van der Waals surface area contributed by atoms with Crippen LogP contribution in [0.2, 0.25) is 0 Å². The van der Waals surface area contributed by atoms with E-state index < -0.39 is 21.7 Å². The van der Waals surface area contributed by atoms with Gasteiger partial charge in [-0.2, -0.15) is 0 Å². The van der Waals surface area contributed by atoms with Gasteiger partial charge in [-0.1, -0.05) is 17.7 Å². The van der Waals surface area contributed by atoms with Crippen LogP contribution in [-0.2, 0) is 28.4 Å². The molecule has 0 aromatic heterocycles. The van der Waals surface area contributed by atoms with Crippen LogP contribution in [-0.4, -0.2) is 45.2 Å². The third-order valence-corrected chi connectivity index (χ3v) is 5.19. The molecule has 1 saturated heterocycles. The molecule has 0 spiro atoms. The first kappa shape index (κ1) is 17.4. The van der Waals surface area contributed by atoms with Crippen molar-refractivity contribution in [1.29, 1.82) is 0 Å². The van der Waals surface area contributed by atoms with Gasteiger partial charge in [-0.25, -0.2) is 4.21 Å². The number of carbonyl (C=O) groups is 3. The summed E-state index contributed by atoms with van der Waals surface area (Å²) in [5.41, 5.74) is 0.999. The maximum absolute atomic E-state index is 12.5. The molecule has 2 atom stereocenters. The second-order valence-electron chi connectivity index (χ2n) is 5.51. The van der Waals surface area contributed by atoms with E-state index in [1.54, 1.807) is 24.3 Å². The Hall–Kier alpha value is -1.99. The molecule has 0 aliphatic carbocycles. The molecule has 1 heterocycles. The van der Waals surface area contributed by atoms with Gasteiger partial charge in [-0.3, -0.25) is 23.5 Å². The van der Waals surface area contributed by atoms with Crippen LogP contribution in [0.4, 0.5) is 0 Å². The normalized spacial score (nSPS) is 18.8. The molecule has 23 heavy (non-hydrogen) atoms. The summed E-state index contributed by atoms with van der Waals surface area (Å²) in [5.74, 6) is 2.33. The van der Waals surface area contributed by atoms with Crippen LogP contribution in [0.1, 0.15) is 25.3 Å². The molecule has 0 saturated carbocycles. The van der Waals surface area contributed by atoms with E-state index in [9.17, 15) is 18.6 Å². The monoisotopic (exact) mass is 337 g/mol. The summed E-state index contributed by atoms with van der Waals surface area (Å²) in [6.45, 7) is 2.97. The smallest absolute Gasteiger partial charge is 0.230 e. The molecule has 1 aliphatic rings. The minimum Gasteiger partial charge on any atom is -0.295 e. The van der Waals surface area contributed by atoms with Crippen molar-refractivity contribution in [1.82, 2.24) is 4.90 Å². The fourth-order valence-electron chi connectivity index (χ4n) is 2.17. The highest BCUT2D eigenvalue weighted by Crippen LogP contribution is 2.17. The van der Waals surface area contributed by atoms with Crippen LogP contribution in [0, 0.1) is 6.92 Å². The summed E-state index contributed by atoms with van der Waals surface area (Å²) >= 11 is 0. The van der Waals surface area contributed by atoms with Gasteiger partial charge in [0.1, 0.15) is 15.9 Å². The maximum atomic E-state index is 12.5. The van der Waals surface area contributed by atoms with Gasteiger partial charge >= 0.3 is 0 Å². The zero-order valence-corrected chi connectivity index (χ0v) is 13.9. The Morgan fingerprint density at radius 2 is 1.78 bits per heavy atom. The zero-order chi connectivity index (χ0) is 17.2. The number of imide groups is 1. The molecule has 2 amide bonds. The van der Waals surface area contributed by atoms with Gasteiger partial charge in [0.15, 0.2) is 5.78 Å². The van der Waals surface area contributed by atoms with E-state index in [0.717, 1.165) is 10.5 Å². The summed E-state index contributed by atoms with van der Waals surface area (Å²) in [5, 5.41) is 0. The fourth-order valence-corrected chi connectivity index (χ4v) is 3.41. The number of hydrogen-bond acceptors (Lipinski definition) is 5. The van der Waals surface area contributed by atoms with E-state index in [0.29, 0.717) is 4.90 Å². The van der Waals surface area contributed by atoms with Gasteiger partial charge in [0.25, 0.3) is 0 Å². The Kier molecular flexibility index (Phi) is 5.01. The molecular formula is C16H19NO5S. The third kappa shape index (κ3) is 4.05. The quantitative estimate of drug-likeness (QED) is 0.574. The number of likely N-dealkylation sites (tertiary alicyclic amines) is 1. The van der Waals surface area contributed by atoms with Crippen molar-refractivity contribution in [3.63, 3.8) is 0 Å². The van der Waals surface area contributed by atoms with Crippen molar-refractivity contribution < 1.29 is 22.8 Å². The van der Waals surface area contributed by atoms with E-state index in [1.807, 2.05) is 6.92 Å². The van der Waals surface area contributed by atoms with Crippen LogP contribution in [0.3, 0.4) is 0 Å². The molecule has 0 bridgehead atoms. The second kappa shape index (κ2) is 6.64. The van der Waals surface area contributed by atoms with Gasteiger partial charge in [-0.15, -0.1) is 0 Å². The van der Waals surface area contributed by atoms with Crippen molar-refractivity contribution in [2.24, 2.45) is 0 Å². The third-order valence-electron chi connectivity index (χ3n) is 3.60. The Labute approximate surface area is 135 Å². The molecule has 1 aromatic carbocycles. The second-order valence-corrected chi connectivity index (χ2v) is 7.40. The molecule has 0 N–H and O–H groups in total. The molecule has 6 nitrogen and oxygen atoms in total. The average Bonchev–Trinajstić information content (AvgIpc) is 2.79. The molecule has 1 fully saturated rings. The summed E-state index contributed by atoms with van der Waals surface area (Å²) in [7, 11) is -3.09. The van der Waals surface area contributed by atoms with Crippen molar-refractivity contribution in [3.8, 4) is 0 Å².